The Morgan fingerprint density at radius 2 is 2.24 bits per heavy atom. The van der Waals surface area contributed by atoms with Crippen molar-refractivity contribution in [2.45, 2.75) is 45.6 Å². The zero-order chi connectivity index (χ0) is 21.3. The summed E-state index contributed by atoms with van der Waals surface area (Å²) in [4.78, 5) is 44.4. The number of imidazole rings is 1. The number of aromatic nitrogens is 4. The second-order valence-corrected chi connectivity index (χ2v) is 7.82. The Morgan fingerprint density at radius 1 is 1.52 bits per heavy atom. The molecule has 3 rings (SSSR count). The average Bonchev–Trinajstić information content (AvgIpc) is 3.22. The number of carbonyl (C=O) groups is 1. The fourth-order valence-electron chi connectivity index (χ4n) is 3.32. The predicted octanol–water partition coefficient (Wildman–Crippen LogP) is 0.397. The molecule has 13 heteroatoms. The first-order chi connectivity index (χ1) is 13.8. The number of nitrogens with zero attached hydrogens (tertiary/aromatic N) is 3. The van der Waals surface area contributed by atoms with Gasteiger partial charge in [0.25, 0.3) is 5.56 Å². The van der Waals surface area contributed by atoms with Crippen molar-refractivity contribution in [3.05, 3.63) is 16.7 Å². The first-order valence-electron chi connectivity index (χ1n) is 9.20. The summed E-state index contributed by atoms with van der Waals surface area (Å²) >= 11 is 0. The summed E-state index contributed by atoms with van der Waals surface area (Å²) in [6.07, 6.45) is -0.483. The van der Waals surface area contributed by atoms with Gasteiger partial charge in [-0.2, -0.15) is 4.98 Å². The lowest BCUT2D eigenvalue weighted by atomic mass is 9.97. The molecule has 4 N–H and O–H groups in total. The van der Waals surface area contributed by atoms with Crippen LogP contribution < -0.4 is 10.9 Å². The summed E-state index contributed by atoms with van der Waals surface area (Å²) in [7, 11) is -3.33. The highest BCUT2D eigenvalue weighted by molar-refractivity contribution is 7.32. The Labute approximate surface area is 166 Å². The predicted molar refractivity (Wildman–Crippen MR) is 102 cm³/mol. The molecule has 1 saturated heterocycles. The molecule has 160 valence electrons. The van der Waals surface area contributed by atoms with Crippen LogP contribution in [0.3, 0.4) is 0 Å². The van der Waals surface area contributed by atoms with Gasteiger partial charge in [-0.1, -0.05) is 20.8 Å². The van der Waals surface area contributed by atoms with Crippen LogP contribution in [0.4, 0.5) is 5.95 Å². The van der Waals surface area contributed by atoms with Crippen LogP contribution in [0.5, 0.6) is 0 Å². The molecule has 5 atom stereocenters. The van der Waals surface area contributed by atoms with Gasteiger partial charge in [0.05, 0.1) is 19.0 Å². The van der Waals surface area contributed by atoms with Crippen molar-refractivity contribution in [3.8, 4) is 0 Å². The minimum atomic E-state index is -3.33. The highest BCUT2D eigenvalue weighted by Gasteiger charge is 2.46. The van der Waals surface area contributed by atoms with Crippen molar-refractivity contribution in [2.75, 3.05) is 11.9 Å². The van der Waals surface area contributed by atoms with Crippen LogP contribution in [0.15, 0.2) is 11.1 Å². The van der Waals surface area contributed by atoms with E-state index in [1.807, 2.05) is 6.92 Å². The Bertz CT molecular complexity index is 974. The molecule has 0 saturated carbocycles. The van der Waals surface area contributed by atoms with Crippen molar-refractivity contribution >= 4 is 31.3 Å². The minimum Gasteiger partial charge on any atom is -0.396 e. The van der Waals surface area contributed by atoms with Gasteiger partial charge >= 0.3 is 8.25 Å². The maximum atomic E-state index is 12.4. The van der Waals surface area contributed by atoms with Crippen LogP contribution in [0.1, 0.15) is 33.4 Å². The van der Waals surface area contributed by atoms with Gasteiger partial charge in [-0.3, -0.25) is 29.0 Å². The maximum absolute atomic E-state index is 12.4. The SMILES string of the molecule is CCC1OC(n2cnc3c(=O)[nH]c(NC(=O)C(C)C)nc32)C(O[PH](=O)O)C1CO. The zero-order valence-corrected chi connectivity index (χ0v) is 17.2. The molecule has 1 amide bonds. The van der Waals surface area contributed by atoms with E-state index in [0.29, 0.717) is 6.42 Å². The maximum Gasteiger partial charge on any atom is 0.317 e. The third-order valence-electron chi connectivity index (χ3n) is 4.82. The number of anilines is 1. The van der Waals surface area contributed by atoms with Crippen LogP contribution in [0, 0.1) is 11.8 Å². The smallest absolute Gasteiger partial charge is 0.317 e. The molecule has 12 nitrogen and oxygen atoms in total. The van der Waals surface area contributed by atoms with Crippen LogP contribution in [0.2, 0.25) is 0 Å². The molecular weight excluding hydrogens is 405 g/mol. The van der Waals surface area contributed by atoms with Gasteiger partial charge in [0.2, 0.25) is 11.9 Å². The van der Waals surface area contributed by atoms with Gasteiger partial charge in [0.1, 0.15) is 6.10 Å². The number of hydrogen-bond acceptors (Lipinski definition) is 8. The number of rotatable bonds is 7. The van der Waals surface area contributed by atoms with E-state index >= 15 is 0 Å². The molecular formula is C16H24N5O7P. The topological polar surface area (TPSA) is 169 Å². The van der Waals surface area contributed by atoms with Crippen LogP contribution in [-0.2, 0) is 18.6 Å². The minimum absolute atomic E-state index is 0.00652. The number of H-pyrrole nitrogens is 1. The van der Waals surface area contributed by atoms with E-state index in [1.165, 1.54) is 10.9 Å². The van der Waals surface area contributed by atoms with E-state index in [9.17, 15) is 24.2 Å². The molecule has 0 aromatic carbocycles. The lowest BCUT2D eigenvalue weighted by Gasteiger charge is -2.22. The number of aliphatic hydroxyl groups is 1. The largest absolute Gasteiger partial charge is 0.396 e. The van der Waals surface area contributed by atoms with Crippen molar-refractivity contribution in [1.29, 1.82) is 0 Å². The lowest BCUT2D eigenvalue weighted by molar-refractivity contribution is -0.118. The summed E-state index contributed by atoms with van der Waals surface area (Å²) in [6.45, 7) is 4.93. The molecule has 0 bridgehead atoms. The highest BCUT2D eigenvalue weighted by atomic mass is 31.1. The van der Waals surface area contributed by atoms with Gasteiger partial charge in [-0.05, 0) is 6.42 Å². The Morgan fingerprint density at radius 3 is 2.83 bits per heavy atom. The first-order valence-corrected chi connectivity index (χ1v) is 10.5. The zero-order valence-electron chi connectivity index (χ0n) is 16.2. The van der Waals surface area contributed by atoms with Crippen LogP contribution in [-0.4, -0.2) is 54.2 Å². The monoisotopic (exact) mass is 429 g/mol. The molecule has 0 aliphatic carbocycles. The van der Waals surface area contributed by atoms with E-state index in [-0.39, 0.29) is 35.5 Å². The molecule has 2 aromatic rings. The number of hydrogen-bond donors (Lipinski definition) is 4. The van der Waals surface area contributed by atoms with Gasteiger partial charge in [-0.25, -0.2) is 4.98 Å². The summed E-state index contributed by atoms with van der Waals surface area (Å²) in [5.74, 6) is -1.26. The third-order valence-corrected chi connectivity index (χ3v) is 5.29. The van der Waals surface area contributed by atoms with E-state index in [0.717, 1.165) is 0 Å². The molecule has 5 unspecified atom stereocenters. The number of fused-ring (bicyclic) bond motifs is 1. The van der Waals surface area contributed by atoms with E-state index in [2.05, 4.69) is 20.3 Å². The van der Waals surface area contributed by atoms with Crippen LogP contribution >= 0.6 is 8.25 Å². The van der Waals surface area contributed by atoms with Crippen LogP contribution in [0.25, 0.3) is 11.2 Å². The molecule has 29 heavy (non-hydrogen) atoms. The molecule has 0 radical (unpaired) electrons. The Kier molecular flexibility index (Phi) is 6.49. The Hall–Kier alpha value is -2.11. The second-order valence-electron chi connectivity index (χ2n) is 7.05. The standard InChI is InChI=1S/C16H24N5O7P/c1-4-9-8(5-22)11(28-29(25)26)15(27-9)21-6-17-10-12(21)18-16(20-14(10)24)19-13(23)7(2)3/h6-9,11,15,22,29H,4-5H2,1-3H3,(H,25,26)(H2,18,19,20,23,24). The lowest BCUT2D eigenvalue weighted by Crippen LogP contribution is -2.30. The average molecular weight is 429 g/mol. The van der Waals surface area contributed by atoms with E-state index in [1.54, 1.807) is 13.8 Å². The first kappa shape index (κ1) is 21.6. The van der Waals surface area contributed by atoms with Gasteiger partial charge in [0, 0.05) is 11.8 Å². The molecule has 1 aliphatic rings. The molecule has 0 spiro atoms. The molecule has 1 aliphatic heterocycles. The highest BCUT2D eigenvalue weighted by Crippen LogP contribution is 2.41. The van der Waals surface area contributed by atoms with E-state index < -0.39 is 38.2 Å². The quantitative estimate of drug-likeness (QED) is 0.455. The Balaban J connectivity index is 2.05. The number of aromatic amines is 1. The van der Waals surface area contributed by atoms with Gasteiger partial charge < -0.3 is 19.3 Å². The molecule has 1 fully saturated rings. The number of carbonyl (C=O) groups excluding carboxylic acids is 1. The van der Waals surface area contributed by atoms with Crippen molar-refractivity contribution in [1.82, 2.24) is 19.5 Å². The third kappa shape index (κ3) is 4.26. The summed E-state index contributed by atoms with van der Waals surface area (Å²) < 4.78 is 23.9. The summed E-state index contributed by atoms with van der Waals surface area (Å²) in [5, 5.41) is 12.3. The number of aliphatic hydroxyl groups excluding tert-OH is 1. The number of nitrogens with one attached hydrogen (secondary N) is 2. The number of ether oxygens (including phenoxy) is 1. The fourth-order valence-corrected chi connectivity index (χ4v) is 3.84. The van der Waals surface area contributed by atoms with Crippen molar-refractivity contribution in [3.63, 3.8) is 0 Å². The van der Waals surface area contributed by atoms with E-state index in [4.69, 9.17) is 9.26 Å². The van der Waals surface area contributed by atoms with Crippen molar-refractivity contribution in [2.24, 2.45) is 11.8 Å². The fraction of sp³-hybridized carbons (Fsp3) is 0.625. The van der Waals surface area contributed by atoms with Gasteiger partial charge in [0.15, 0.2) is 17.4 Å². The summed E-state index contributed by atoms with van der Waals surface area (Å²) in [6, 6.07) is 0. The van der Waals surface area contributed by atoms with Gasteiger partial charge in [-0.15, -0.1) is 0 Å². The molecule has 2 aromatic heterocycles. The normalized spacial score (nSPS) is 25.6. The number of amides is 1. The second kappa shape index (κ2) is 8.72. The summed E-state index contributed by atoms with van der Waals surface area (Å²) in [5.41, 5.74) is -0.450. The molecule has 3 heterocycles. The van der Waals surface area contributed by atoms with Crippen molar-refractivity contribution < 1.29 is 28.6 Å².